The van der Waals surface area contributed by atoms with Gasteiger partial charge in [0.1, 0.15) is 0 Å². The molecule has 0 amide bonds. The molecule has 6 heteroatoms. The average molecular weight is 315 g/mol. The summed E-state index contributed by atoms with van der Waals surface area (Å²) < 4.78 is 0. The second-order valence-corrected chi connectivity index (χ2v) is 6.55. The van der Waals surface area contributed by atoms with E-state index < -0.39 is 0 Å². The normalized spacial score (nSPS) is 11.3. The molecule has 0 atom stereocenters. The highest BCUT2D eigenvalue weighted by Gasteiger charge is 1.99. The quantitative estimate of drug-likeness (QED) is 0.310. The fourth-order valence-electron chi connectivity index (χ4n) is 1.96. The minimum absolute atomic E-state index is 0.870. The molecule has 0 aliphatic rings. The lowest BCUT2D eigenvalue weighted by atomic mass is 10.4. The number of hydrogen-bond donors (Lipinski definition) is 2. The first-order valence-electron chi connectivity index (χ1n) is 8.38. The monoisotopic (exact) mass is 314 g/mol. The van der Waals surface area contributed by atoms with Crippen LogP contribution in [0.2, 0.25) is 0 Å². The maximum absolute atomic E-state index is 4.67. The fraction of sp³-hybridized carbons (Fsp3) is 0.938. The van der Waals surface area contributed by atoms with E-state index in [4.69, 9.17) is 0 Å². The molecule has 22 heavy (non-hydrogen) atoms. The average Bonchev–Trinajstić information content (AvgIpc) is 2.42. The molecule has 0 spiro atoms. The van der Waals surface area contributed by atoms with Crippen molar-refractivity contribution in [1.29, 1.82) is 0 Å². The van der Waals surface area contributed by atoms with Gasteiger partial charge < -0.3 is 25.3 Å². The van der Waals surface area contributed by atoms with Crippen LogP contribution in [-0.2, 0) is 0 Å². The number of aliphatic imine (C=N–C) groups is 1. The van der Waals surface area contributed by atoms with Crippen LogP contribution in [-0.4, -0.2) is 102 Å². The smallest absolute Gasteiger partial charge is 0.191 e. The largest absolute Gasteiger partial charge is 0.356 e. The molecule has 0 aromatic rings. The molecule has 0 aliphatic heterocycles. The third-order valence-corrected chi connectivity index (χ3v) is 3.18. The SMILES string of the molecule is CN(C)CCCN=C(NCCCN(C)C)NCCCN(C)C. The highest BCUT2D eigenvalue weighted by Crippen LogP contribution is 1.87. The highest BCUT2D eigenvalue weighted by molar-refractivity contribution is 5.79. The van der Waals surface area contributed by atoms with Gasteiger partial charge in [-0.3, -0.25) is 4.99 Å². The minimum atomic E-state index is 0.870. The molecular weight excluding hydrogens is 276 g/mol. The maximum Gasteiger partial charge on any atom is 0.191 e. The van der Waals surface area contributed by atoms with Crippen LogP contribution >= 0.6 is 0 Å². The molecule has 6 nitrogen and oxygen atoms in total. The van der Waals surface area contributed by atoms with Crippen molar-refractivity contribution >= 4 is 5.96 Å². The van der Waals surface area contributed by atoms with Gasteiger partial charge in [-0.1, -0.05) is 0 Å². The number of nitrogens with one attached hydrogen (secondary N) is 2. The van der Waals surface area contributed by atoms with E-state index in [0.717, 1.165) is 64.5 Å². The van der Waals surface area contributed by atoms with Gasteiger partial charge in [0.05, 0.1) is 0 Å². The van der Waals surface area contributed by atoms with E-state index in [1.54, 1.807) is 0 Å². The Morgan fingerprint density at radius 3 is 1.50 bits per heavy atom. The zero-order valence-electron chi connectivity index (χ0n) is 15.7. The molecule has 0 aromatic heterocycles. The standard InChI is InChI=1S/C16H38N6/c1-20(2)13-7-10-17-16(18-11-8-14-21(3)4)19-12-9-15-22(5)6/h7-15H2,1-6H3,(H2,17,18,19). The zero-order chi connectivity index (χ0) is 16.8. The molecule has 0 saturated heterocycles. The van der Waals surface area contributed by atoms with Crippen molar-refractivity contribution in [3.05, 3.63) is 0 Å². The minimum Gasteiger partial charge on any atom is -0.356 e. The first kappa shape index (κ1) is 21.1. The Labute approximate surface area is 137 Å². The van der Waals surface area contributed by atoms with Gasteiger partial charge in [0, 0.05) is 19.6 Å². The van der Waals surface area contributed by atoms with Gasteiger partial charge in [0.2, 0.25) is 0 Å². The molecule has 0 fully saturated rings. The molecule has 0 saturated carbocycles. The Hall–Kier alpha value is -0.850. The van der Waals surface area contributed by atoms with Gasteiger partial charge in [0.15, 0.2) is 5.96 Å². The van der Waals surface area contributed by atoms with Gasteiger partial charge >= 0.3 is 0 Å². The van der Waals surface area contributed by atoms with Gasteiger partial charge in [-0.2, -0.15) is 0 Å². The summed E-state index contributed by atoms with van der Waals surface area (Å²) in [7, 11) is 12.6. The molecule has 0 rings (SSSR count). The molecule has 2 N–H and O–H groups in total. The van der Waals surface area contributed by atoms with E-state index in [2.05, 4.69) is 72.6 Å². The number of rotatable bonds is 12. The maximum atomic E-state index is 4.67. The van der Waals surface area contributed by atoms with E-state index in [-0.39, 0.29) is 0 Å². The van der Waals surface area contributed by atoms with Crippen LogP contribution in [0.1, 0.15) is 19.3 Å². The van der Waals surface area contributed by atoms with Crippen LogP contribution in [0.15, 0.2) is 4.99 Å². The second-order valence-electron chi connectivity index (χ2n) is 6.55. The van der Waals surface area contributed by atoms with Crippen LogP contribution in [0.4, 0.5) is 0 Å². The van der Waals surface area contributed by atoms with E-state index >= 15 is 0 Å². The van der Waals surface area contributed by atoms with Gasteiger partial charge in [-0.05, 0) is 81.2 Å². The van der Waals surface area contributed by atoms with Crippen LogP contribution in [0.25, 0.3) is 0 Å². The summed E-state index contributed by atoms with van der Waals surface area (Å²) in [6, 6.07) is 0. The molecule has 0 aliphatic carbocycles. The molecule has 132 valence electrons. The summed E-state index contributed by atoms with van der Waals surface area (Å²) in [5, 5.41) is 6.87. The molecular formula is C16H38N6. The van der Waals surface area contributed by atoms with Crippen molar-refractivity contribution in [3.8, 4) is 0 Å². The summed E-state index contributed by atoms with van der Waals surface area (Å²) in [6.45, 7) is 6.08. The first-order valence-corrected chi connectivity index (χ1v) is 8.38. The fourth-order valence-corrected chi connectivity index (χ4v) is 1.96. The Morgan fingerprint density at radius 2 is 1.09 bits per heavy atom. The molecule has 0 radical (unpaired) electrons. The predicted octanol–water partition coefficient (Wildman–Crippen LogP) is 0.377. The zero-order valence-corrected chi connectivity index (χ0v) is 15.7. The molecule has 0 bridgehead atoms. The van der Waals surface area contributed by atoms with Crippen molar-refractivity contribution < 1.29 is 0 Å². The highest BCUT2D eigenvalue weighted by atomic mass is 15.2. The predicted molar refractivity (Wildman–Crippen MR) is 97.8 cm³/mol. The summed E-state index contributed by atoms with van der Waals surface area (Å²) in [5.41, 5.74) is 0. The lowest BCUT2D eigenvalue weighted by molar-refractivity contribution is 0.396. The Kier molecular flexibility index (Phi) is 13.3. The third-order valence-electron chi connectivity index (χ3n) is 3.18. The molecule has 0 aromatic carbocycles. The Bertz CT molecular complexity index is 258. The van der Waals surface area contributed by atoms with Crippen molar-refractivity contribution in [3.63, 3.8) is 0 Å². The van der Waals surface area contributed by atoms with E-state index in [0.29, 0.717) is 0 Å². The van der Waals surface area contributed by atoms with Gasteiger partial charge in [-0.25, -0.2) is 0 Å². The van der Waals surface area contributed by atoms with Crippen molar-refractivity contribution in [1.82, 2.24) is 25.3 Å². The van der Waals surface area contributed by atoms with Gasteiger partial charge in [-0.15, -0.1) is 0 Å². The summed E-state index contributed by atoms with van der Waals surface area (Å²) >= 11 is 0. The lowest BCUT2D eigenvalue weighted by Gasteiger charge is -2.15. The summed E-state index contributed by atoms with van der Waals surface area (Å²) in [6.07, 6.45) is 3.35. The van der Waals surface area contributed by atoms with E-state index in [1.807, 2.05) is 0 Å². The van der Waals surface area contributed by atoms with Gasteiger partial charge in [0.25, 0.3) is 0 Å². The van der Waals surface area contributed by atoms with Crippen LogP contribution < -0.4 is 10.6 Å². The summed E-state index contributed by atoms with van der Waals surface area (Å²) in [5.74, 6) is 0.955. The van der Waals surface area contributed by atoms with Crippen LogP contribution in [0.3, 0.4) is 0 Å². The first-order chi connectivity index (χ1) is 10.4. The molecule has 0 unspecified atom stereocenters. The molecule has 0 heterocycles. The van der Waals surface area contributed by atoms with Crippen molar-refractivity contribution in [2.75, 3.05) is 81.6 Å². The van der Waals surface area contributed by atoms with Crippen molar-refractivity contribution in [2.24, 2.45) is 4.99 Å². The number of hydrogen-bond acceptors (Lipinski definition) is 4. The van der Waals surface area contributed by atoms with Crippen molar-refractivity contribution in [2.45, 2.75) is 19.3 Å². The second kappa shape index (κ2) is 13.8. The van der Waals surface area contributed by atoms with Crippen LogP contribution in [0, 0.1) is 0 Å². The number of guanidine groups is 1. The Balaban J connectivity index is 4.03. The van der Waals surface area contributed by atoms with E-state index in [1.165, 1.54) is 0 Å². The Morgan fingerprint density at radius 1 is 0.682 bits per heavy atom. The number of nitrogens with zero attached hydrogens (tertiary/aromatic N) is 4. The third kappa shape index (κ3) is 15.5. The van der Waals surface area contributed by atoms with E-state index in [9.17, 15) is 0 Å². The topological polar surface area (TPSA) is 46.1 Å². The summed E-state index contributed by atoms with van der Waals surface area (Å²) in [4.78, 5) is 11.3. The lowest BCUT2D eigenvalue weighted by Crippen LogP contribution is -2.39. The van der Waals surface area contributed by atoms with Crippen LogP contribution in [0.5, 0.6) is 0 Å².